The Hall–Kier alpha value is -2.51. The summed E-state index contributed by atoms with van der Waals surface area (Å²) in [4.78, 5) is 29.1. The SMILES string of the molecule is CC(O)C12c3ccccc3C(c3ccccc31)C1C(=O)N(c3ccc(I)cc3)C(=O)C12. The van der Waals surface area contributed by atoms with Crippen LogP contribution >= 0.6 is 22.6 Å². The van der Waals surface area contributed by atoms with Gasteiger partial charge in [0, 0.05) is 9.49 Å². The Kier molecular flexibility index (Phi) is 4.02. The number of hydrogen-bond acceptors (Lipinski definition) is 3. The summed E-state index contributed by atoms with van der Waals surface area (Å²) >= 11 is 2.21. The Morgan fingerprint density at radius 2 is 1.42 bits per heavy atom. The molecule has 1 aliphatic heterocycles. The molecular weight excluding hydrogens is 501 g/mol. The van der Waals surface area contributed by atoms with Crippen LogP contribution in [-0.2, 0) is 15.0 Å². The van der Waals surface area contributed by atoms with Crippen LogP contribution in [0.2, 0.25) is 0 Å². The summed E-state index contributed by atoms with van der Waals surface area (Å²) in [6.45, 7) is 1.75. The first-order chi connectivity index (χ1) is 15.0. The molecular formula is C26H20INO3. The van der Waals surface area contributed by atoms with E-state index in [1.165, 1.54) is 4.90 Å². The topological polar surface area (TPSA) is 57.6 Å². The highest BCUT2D eigenvalue weighted by molar-refractivity contribution is 14.1. The smallest absolute Gasteiger partial charge is 0.239 e. The first kappa shape index (κ1) is 19.2. The third kappa shape index (κ3) is 2.23. The van der Waals surface area contributed by atoms with Gasteiger partial charge < -0.3 is 5.11 Å². The van der Waals surface area contributed by atoms with Gasteiger partial charge in [-0.15, -0.1) is 0 Å². The number of carbonyl (C=O) groups is 2. The maximum Gasteiger partial charge on any atom is 0.239 e. The van der Waals surface area contributed by atoms with Crippen LogP contribution in [0.3, 0.4) is 0 Å². The van der Waals surface area contributed by atoms with Crippen LogP contribution in [0.4, 0.5) is 5.69 Å². The zero-order chi connectivity index (χ0) is 21.5. The number of carbonyl (C=O) groups excluding carboxylic acids is 2. The van der Waals surface area contributed by atoms with Gasteiger partial charge in [-0.1, -0.05) is 48.5 Å². The van der Waals surface area contributed by atoms with Crippen molar-refractivity contribution < 1.29 is 14.7 Å². The summed E-state index contributed by atoms with van der Waals surface area (Å²) in [6, 6.07) is 23.5. The van der Waals surface area contributed by atoms with Crippen LogP contribution < -0.4 is 4.90 Å². The van der Waals surface area contributed by atoms with Crippen LogP contribution in [0.15, 0.2) is 72.8 Å². The highest BCUT2D eigenvalue weighted by atomic mass is 127. The second-order valence-corrected chi connectivity index (χ2v) is 9.93. The van der Waals surface area contributed by atoms with Gasteiger partial charge in [0.2, 0.25) is 11.8 Å². The van der Waals surface area contributed by atoms with Crippen molar-refractivity contribution in [2.24, 2.45) is 11.8 Å². The lowest BCUT2D eigenvalue weighted by molar-refractivity contribution is -0.126. The van der Waals surface area contributed by atoms with E-state index in [1.807, 2.05) is 60.7 Å². The molecule has 3 aromatic carbocycles. The summed E-state index contributed by atoms with van der Waals surface area (Å²) in [7, 11) is 0. The Balaban J connectivity index is 1.66. The number of nitrogens with zero attached hydrogens (tertiary/aromatic N) is 1. The fourth-order valence-electron chi connectivity index (χ4n) is 6.38. The van der Waals surface area contributed by atoms with E-state index in [2.05, 4.69) is 34.7 Å². The maximum absolute atomic E-state index is 13.9. The highest BCUT2D eigenvalue weighted by Gasteiger charge is 2.69. The third-order valence-electron chi connectivity index (χ3n) is 7.43. The standard InChI is InChI=1S/C26H20INO3/c1-14(29)26-19-8-4-2-6-17(19)21(18-7-3-5-9-20(18)26)22-23(26)25(31)28(24(22)30)16-12-10-15(27)11-13-16/h2-14,21-23,29H,1H3. The number of amides is 2. The number of aliphatic hydroxyl groups is 1. The molecule has 3 unspecified atom stereocenters. The summed E-state index contributed by atoms with van der Waals surface area (Å²) in [5.74, 6) is -1.73. The molecule has 4 aliphatic rings. The van der Waals surface area contributed by atoms with Gasteiger partial charge in [-0.3, -0.25) is 9.59 Å². The zero-order valence-electron chi connectivity index (χ0n) is 16.8. The maximum atomic E-state index is 13.9. The van der Waals surface area contributed by atoms with Gasteiger partial charge in [-0.05, 0) is 76.0 Å². The molecule has 0 radical (unpaired) electrons. The van der Waals surface area contributed by atoms with Gasteiger partial charge in [0.1, 0.15) is 0 Å². The molecule has 0 saturated carbocycles. The van der Waals surface area contributed by atoms with Crippen LogP contribution in [0.1, 0.15) is 35.1 Å². The van der Waals surface area contributed by atoms with E-state index in [9.17, 15) is 14.7 Å². The second-order valence-electron chi connectivity index (χ2n) is 8.69. The lowest BCUT2D eigenvalue weighted by Gasteiger charge is -2.55. The van der Waals surface area contributed by atoms with Crippen LogP contribution in [0.5, 0.6) is 0 Å². The van der Waals surface area contributed by atoms with Crippen molar-refractivity contribution in [3.8, 4) is 0 Å². The molecule has 4 nitrogen and oxygen atoms in total. The number of anilines is 1. The van der Waals surface area contributed by atoms with E-state index in [1.54, 1.807) is 6.92 Å². The number of benzene rings is 3. The summed E-state index contributed by atoms with van der Waals surface area (Å²) < 4.78 is 1.04. The fourth-order valence-corrected chi connectivity index (χ4v) is 6.74. The van der Waals surface area contributed by atoms with Crippen molar-refractivity contribution in [2.75, 3.05) is 4.90 Å². The molecule has 31 heavy (non-hydrogen) atoms. The van der Waals surface area contributed by atoms with Crippen molar-refractivity contribution in [2.45, 2.75) is 24.4 Å². The number of rotatable bonds is 2. The average Bonchev–Trinajstić information content (AvgIpc) is 3.05. The molecule has 1 heterocycles. The minimum atomic E-state index is -0.947. The van der Waals surface area contributed by atoms with E-state index < -0.39 is 23.4 Å². The molecule has 3 atom stereocenters. The molecule has 0 aromatic heterocycles. The quantitative estimate of drug-likeness (QED) is 0.406. The molecule has 0 spiro atoms. The largest absolute Gasteiger partial charge is 0.392 e. The normalized spacial score (nSPS) is 28.9. The predicted molar refractivity (Wildman–Crippen MR) is 126 cm³/mol. The number of aliphatic hydroxyl groups excluding tert-OH is 1. The molecule has 3 aliphatic carbocycles. The monoisotopic (exact) mass is 521 g/mol. The van der Waals surface area contributed by atoms with Gasteiger partial charge in [0.25, 0.3) is 0 Å². The Morgan fingerprint density at radius 3 is 1.97 bits per heavy atom. The summed E-state index contributed by atoms with van der Waals surface area (Å²) in [6.07, 6.45) is -0.836. The van der Waals surface area contributed by atoms with Crippen molar-refractivity contribution in [3.05, 3.63) is 98.6 Å². The lowest BCUT2D eigenvalue weighted by Crippen LogP contribution is -2.58. The molecule has 7 rings (SSSR count). The Bertz CT molecular complexity index is 1200. The average molecular weight is 521 g/mol. The minimum Gasteiger partial charge on any atom is -0.392 e. The second kappa shape index (κ2) is 6.50. The van der Waals surface area contributed by atoms with Crippen molar-refractivity contribution in [1.29, 1.82) is 0 Å². The first-order valence-corrected chi connectivity index (χ1v) is 11.6. The van der Waals surface area contributed by atoms with E-state index in [-0.39, 0.29) is 17.7 Å². The minimum absolute atomic E-state index is 0.171. The number of imide groups is 1. The van der Waals surface area contributed by atoms with Crippen molar-refractivity contribution in [3.63, 3.8) is 0 Å². The zero-order valence-corrected chi connectivity index (χ0v) is 19.0. The van der Waals surface area contributed by atoms with Gasteiger partial charge in [0.05, 0.1) is 29.0 Å². The Labute approximate surface area is 194 Å². The van der Waals surface area contributed by atoms with E-state index in [0.29, 0.717) is 5.69 Å². The molecule has 3 aromatic rings. The van der Waals surface area contributed by atoms with Crippen molar-refractivity contribution in [1.82, 2.24) is 0 Å². The molecule has 2 amide bonds. The van der Waals surface area contributed by atoms with Crippen LogP contribution in [0.25, 0.3) is 0 Å². The van der Waals surface area contributed by atoms with Gasteiger partial charge in [0.15, 0.2) is 0 Å². The van der Waals surface area contributed by atoms with Crippen LogP contribution in [-0.4, -0.2) is 23.0 Å². The van der Waals surface area contributed by atoms with Crippen molar-refractivity contribution >= 4 is 40.1 Å². The molecule has 154 valence electrons. The summed E-state index contributed by atoms with van der Waals surface area (Å²) in [5.41, 5.74) is 3.69. The Morgan fingerprint density at radius 1 is 0.871 bits per heavy atom. The molecule has 1 saturated heterocycles. The molecule has 2 bridgehead atoms. The molecule has 1 N–H and O–H groups in total. The summed E-state index contributed by atoms with van der Waals surface area (Å²) in [5, 5.41) is 11.3. The fraction of sp³-hybridized carbons (Fsp3) is 0.231. The third-order valence-corrected chi connectivity index (χ3v) is 8.15. The number of halogens is 1. The molecule has 5 heteroatoms. The predicted octanol–water partition coefficient (Wildman–Crippen LogP) is 4.22. The van der Waals surface area contributed by atoms with Gasteiger partial charge in [-0.2, -0.15) is 0 Å². The van der Waals surface area contributed by atoms with E-state index >= 15 is 0 Å². The molecule has 1 fully saturated rings. The van der Waals surface area contributed by atoms with E-state index in [4.69, 9.17) is 0 Å². The van der Waals surface area contributed by atoms with Gasteiger partial charge >= 0.3 is 0 Å². The highest BCUT2D eigenvalue weighted by Crippen LogP contribution is 2.65. The first-order valence-electron chi connectivity index (χ1n) is 10.5. The lowest BCUT2D eigenvalue weighted by atomic mass is 9.46. The van der Waals surface area contributed by atoms with Gasteiger partial charge in [-0.25, -0.2) is 4.90 Å². The number of hydrogen-bond donors (Lipinski definition) is 1. The van der Waals surface area contributed by atoms with E-state index in [0.717, 1.165) is 25.8 Å². The van der Waals surface area contributed by atoms with Crippen LogP contribution in [0, 0.1) is 15.4 Å².